The summed E-state index contributed by atoms with van der Waals surface area (Å²) in [6, 6.07) is 0. The van der Waals surface area contributed by atoms with Gasteiger partial charge in [0.15, 0.2) is 0 Å². The third-order valence-electron chi connectivity index (χ3n) is 2.62. The van der Waals surface area contributed by atoms with Crippen molar-refractivity contribution in [2.24, 2.45) is 23.4 Å². The van der Waals surface area contributed by atoms with Gasteiger partial charge in [-0.05, 0) is 16.1 Å². The van der Waals surface area contributed by atoms with Gasteiger partial charge in [-0.2, -0.15) is 4.84 Å². The van der Waals surface area contributed by atoms with Gasteiger partial charge >= 0.3 is 5.72 Å². The van der Waals surface area contributed by atoms with Crippen molar-refractivity contribution in [3.8, 4) is 0 Å². The number of hydroxylamine groups is 2. The monoisotopic (exact) mass is 252 g/mol. The largest absolute Gasteiger partial charge is 0.323 e. The minimum absolute atomic E-state index is 0.428. The second-order valence-electron chi connectivity index (χ2n) is 4.35. The highest BCUT2D eigenvalue weighted by molar-refractivity contribution is 4.61. The molecule has 0 radical (unpaired) electrons. The van der Waals surface area contributed by atoms with E-state index in [1.165, 1.54) is 7.05 Å². The first-order valence-corrected chi connectivity index (χ1v) is 5.89. The molecule has 0 aliphatic carbocycles. The topological polar surface area (TPSA) is 123 Å². The van der Waals surface area contributed by atoms with Gasteiger partial charge in [0.1, 0.15) is 13.7 Å². The highest BCUT2D eigenvalue weighted by Crippen LogP contribution is 2.28. The molecule has 0 fully saturated rings. The minimum atomic E-state index is -0.993. The third kappa shape index (κ3) is 4.45. The van der Waals surface area contributed by atoms with E-state index in [-0.39, 0.29) is 0 Å². The van der Waals surface area contributed by atoms with Gasteiger partial charge < -0.3 is 0 Å². The Bertz CT molecular complexity index is 224. The highest BCUT2D eigenvalue weighted by atomic mass is 16.9. The molecule has 0 atom stereocenters. The summed E-state index contributed by atoms with van der Waals surface area (Å²) in [6.07, 6.45) is 1.83. The van der Waals surface area contributed by atoms with Crippen molar-refractivity contribution >= 4 is 0 Å². The zero-order valence-electron chi connectivity index (χ0n) is 11.3. The van der Waals surface area contributed by atoms with E-state index in [2.05, 4.69) is 0 Å². The Balaban J connectivity index is 5.03. The van der Waals surface area contributed by atoms with E-state index in [1.54, 1.807) is 0 Å². The third-order valence-corrected chi connectivity index (χ3v) is 2.62. The molecule has 0 aliphatic heterocycles. The molecule has 104 valence electrons. The van der Waals surface area contributed by atoms with Crippen LogP contribution in [0.1, 0.15) is 40.0 Å². The summed E-state index contributed by atoms with van der Waals surface area (Å²) in [4.78, 5) is 9.61. The first-order chi connectivity index (χ1) is 7.64. The molecular weight excluding hydrogens is 224 g/mol. The van der Waals surface area contributed by atoms with Crippen molar-refractivity contribution in [2.75, 3.05) is 13.7 Å². The molecule has 0 rings (SSSR count). The van der Waals surface area contributed by atoms with Crippen LogP contribution in [0.3, 0.4) is 0 Å². The fourth-order valence-electron chi connectivity index (χ4n) is 1.66. The van der Waals surface area contributed by atoms with E-state index in [4.69, 9.17) is 33.0 Å². The van der Waals surface area contributed by atoms with Gasteiger partial charge in [0.2, 0.25) is 0 Å². The standard InChI is InChI=1S/C9H28N6O2/c1-5-8-16-15(12,13)9(6-2,7-3)17-14(4,10)11/h5-8,10-13H2,1-4H3/q+2. The van der Waals surface area contributed by atoms with E-state index >= 15 is 0 Å². The average molecular weight is 252 g/mol. The molecule has 17 heavy (non-hydrogen) atoms. The maximum atomic E-state index is 5.96. The lowest BCUT2D eigenvalue weighted by atomic mass is 10.1. The molecule has 8 N–H and O–H groups in total. The fourth-order valence-corrected chi connectivity index (χ4v) is 1.66. The number of hydrogen-bond donors (Lipinski definition) is 4. The van der Waals surface area contributed by atoms with E-state index < -0.39 is 15.5 Å². The summed E-state index contributed by atoms with van der Waals surface area (Å²) in [5.74, 6) is 23.1. The second-order valence-corrected chi connectivity index (χ2v) is 4.35. The Hall–Kier alpha value is -0.320. The number of hydrogen-bond acceptors (Lipinski definition) is 6. The smallest absolute Gasteiger partial charge is 0.159 e. The van der Waals surface area contributed by atoms with Crippen LogP contribution in [0.15, 0.2) is 0 Å². The van der Waals surface area contributed by atoms with Crippen LogP contribution >= 0.6 is 0 Å². The molecule has 0 bridgehead atoms. The Morgan fingerprint density at radius 1 is 1.00 bits per heavy atom. The molecule has 0 aromatic carbocycles. The number of rotatable bonds is 8. The van der Waals surface area contributed by atoms with E-state index in [1.807, 2.05) is 20.8 Å². The van der Waals surface area contributed by atoms with Gasteiger partial charge in [-0.25, -0.2) is 0 Å². The predicted octanol–water partition coefficient (Wildman–Crippen LogP) is -0.466. The van der Waals surface area contributed by atoms with Crippen molar-refractivity contribution in [2.45, 2.75) is 45.8 Å². The Morgan fingerprint density at radius 3 is 1.76 bits per heavy atom. The summed E-state index contributed by atoms with van der Waals surface area (Å²) in [5, 5.41) is 0. The lowest BCUT2D eigenvalue weighted by molar-refractivity contribution is -1.24. The second kappa shape index (κ2) is 6.03. The predicted molar refractivity (Wildman–Crippen MR) is 63.8 cm³/mol. The van der Waals surface area contributed by atoms with E-state index in [0.717, 1.165) is 6.42 Å². The highest BCUT2D eigenvalue weighted by Gasteiger charge is 2.55. The molecule has 0 aliphatic rings. The number of nitrogens with zero attached hydrogens (tertiary/aromatic N) is 2. The maximum Gasteiger partial charge on any atom is 0.323 e. The molecule has 0 aromatic rings. The molecule has 0 saturated carbocycles. The van der Waals surface area contributed by atoms with Gasteiger partial charge in [0.05, 0.1) is 0 Å². The van der Waals surface area contributed by atoms with Crippen molar-refractivity contribution in [1.82, 2.24) is 0 Å². The molecule has 0 saturated heterocycles. The van der Waals surface area contributed by atoms with Gasteiger partial charge in [0, 0.05) is 12.8 Å². The summed E-state index contributed by atoms with van der Waals surface area (Å²) in [6.45, 7) is 6.17. The molecular formula is C9H28N6O2+2. The average Bonchev–Trinajstić information content (AvgIpc) is 2.21. The summed E-state index contributed by atoms with van der Waals surface area (Å²) >= 11 is 0. The van der Waals surface area contributed by atoms with Crippen LogP contribution in [-0.4, -0.2) is 29.1 Å². The van der Waals surface area contributed by atoms with Gasteiger partial charge in [-0.1, -0.05) is 25.6 Å². The molecule has 0 unspecified atom stereocenters. The normalized spacial score (nSPS) is 14.1. The van der Waals surface area contributed by atoms with E-state index in [0.29, 0.717) is 19.4 Å². The molecule has 0 aromatic heterocycles. The molecule has 0 heterocycles. The van der Waals surface area contributed by atoms with E-state index in [9.17, 15) is 0 Å². The van der Waals surface area contributed by atoms with Crippen molar-refractivity contribution in [3.63, 3.8) is 0 Å². The lowest BCUT2D eigenvalue weighted by Gasteiger charge is -2.41. The van der Waals surface area contributed by atoms with Crippen molar-refractivity contribution < 1.29 is 19.4 Å². The van der Waals surface area contributed by atoms with Crippen LogP contribution in [0.25, 0.3) is 0 Å². The van der Waals surface area contributed by atoms with Crippen LogP contribution in [0, 0.1) is 0 Å². The van der Waals surface area contributed by atoms with Gasteiger partial charge in [0.25, 0.3) is 0 Å². The lowest BCUT2D eigenvalue weighted by Crippen LogP contribution is -2.77. The summed E-state index contributed by atoms with van der Waals surface area (Å²) in [5.41, 5.74) is -0.993. The Kier molecular flexibility index (Phi) is 5.91. The maximum absolute atomic E-state index is 5.96. The quantitative estimate of drug-likeness (QED) is 0.200. The van der Waals surface area contributed by atoms with Crippen LogP contribution in [0.2, 0.25) is 0 Å². The van der Waals surface area contributed by atoms with Crippen molar-refractivity contribution in [1.29, 1.82) is 0 Å². The first-order valence-electron chi connectivity index (χ1n) is 5.89. The molecule has 8 heteroatoms. The Morgan fingerprint density at radius 2 is 1.47 bits per heavy atom. The number of nitrogens with two attached hydrogens (primary N) is 4. The van der Waals surface area contributed by atoms with Crippen LogP contribution in [0.5, 0.6) is 0 Å². The fraction of sp³-hybridized carbons (Fsp3) is 1.00. The van der Waals surface area contributed by atoms with Gasteiger partial charge in [-0.3, -0.25) is 0 Å². The molecule has 0 spiro atoms. The first kappa shape index (κ1) is 16.7. The van der Waals surface area contributed by atoms with Gasteiger partial charge in [-0.15, -0.1) is 23.4 Å². The van der Waals surface area contributed by atoms with Crippen LogP contribution in [-0.2, 0) is 9.68 Å². The SMILES string of the molecule is CCCO[N+](N)(N)C(CC)(CC)O[N+](C)(N)N. The summed E-state index contributed by atoms with van der Waals surface area (Å²) < 4.78 is 0. The Labute approximate surface area is 103 Å². The zero-order valence-corrected chi connectivity index (χ0v) is 11.3. The number of quaternary nitrogens is 2. The summed E-state index contributed by atoms with van der Waals surface area (Å²) in [7, 11) is 1.49. The van der Waals surface area contributed by atoms with Crippen LogP contribution < -0.4 is 23.4 Å². The van der Waals surface area contributed by atoms with Crippen molar-refractivity contribution in [3.05, 3.63) is 0 Å². The molecule has 0 amide bonds. The van der Waals surface area contributed by atoms with Crippen LogP contribution in [0.4, 0.5) is 0 Å². The molecule has 8 nitrogen and oxygen atoms in total. The zero-order chi connectivity index (χ0) is 13.7. The minimum Gasteiger partial charge on any atom is -0.159 e.